The van der Waals surface area contributed by atoms with Crippen molar-refractivity contribution in [2.45, 2.75) is 49.1 Å². The highest BCUT2D eigenvalue weighted by Gasteiger charge is 1.98. The van der Waals surface area contributed by atoms with Gasteiger partial charge in [-0.2, -0.15) is 0 Å². The van der Waals surface area contributed by atoms with Gasteiger partial charge in [-0.15, -0.1) is 8.58 Å². The third kappa shape index (κ3) is 9.07. The van der Waals surface area contributed by atoms with Crippen LogP contribution in [0, 0.1) is 0 Å². The molecule has 0 aromatic rings. The third-order valence-electron chi connectivity index (χ3n) is 1.87. The molecule has 68 valence electrons. The Bertz CT molecular complexity index is 76.0. The number of alkyl halides is 1. The first-order chi connectivity index (χ1) is 5.31. The van der Waals surface area contributed by atoms with Gasteiger partial charge < -0.3 is 0 Å². The Labute approximate surface area is 86.8 Å². The number of unbranched alkanes of at least 4 members (excludes halogenated alkanes) is 4. The molecule has 0 saturated carbocycles. The highest BCUT2D eigenvalue weighted by Crippen LogP contribution is 2.26. The lowest BCUT2D eigenvalue weighted by Crippen LogP contribution is -1.87. The van der Waals surface area contributed by atoms with E-state index in [1.807, 2.05) is 0 Å². The van der Waals surface area contributed by atoms with Crippen molar-refractivity contribution in [1.82, 2.24) is 0 Å². The van der Waals surface area contributed by atoms with Crippen molar-refractivity contribution >= 4 is 31.2 Å². The fourth-order valence-corrected chi connectivity index (χ4v) is 2.00. The van der Waals surface area contributed by atoms with Crippen LogP contribution in [0.15, 0.2) is 0 Å². The molecule has 2 unspecified atom stereocenters. The van der Waals surface area contributed by atoms with E-state index in [0.29, 0.717) is 0 Å². The topological polar surface area (TPSA) is 0 Å². The van der Waals surface area contributed by atoms with E-state index in [0.717, 1.165) is 12.2 Å². The summed E-state index contributed by atoms with van der Waals surface area (Å²) in [5, 5.41) is 0. The van der Waals surface area contributed by atoms with Crippen LogP contribution in [0.2, 0.25) is 0 Å². The van der Waals surface area contributed by atoms with Crippen molar-refractivity contribution in [3.63, 3.8) is 0 Å². The summed E-state index contributed by atoms with van der Waals surface area (Å²) < 4.78 is 0.953. The van der Waals surface area contributed by atoms with Gasteiger partial charge in [0.1, 0.15) is 0 Å². The van der Waals surface area contributed by atoms with E-state index in [1.54, 1.807) is 0 Å². The molecular weight excluding hydrogens is 266 g/mol. The second kappa shape index (κ2) is 9.25. The summed E-state index contributed by atoms with van der Waals surface area (Å²) in [4.78, 5) is 0. The van der Waals surface area contributed by atoms with Crippen molar-refractivity contribution < 1.29 is 0 Å². The number of hydrogen-bond acceptors (Lipinski definition) is 0. The molecule has 0 bridgehead atoms. The Kier molecular flexibility index (Phi) is 10.2. The van der Waals surface area contributed by atoms with Gasteiger partial charge >= 0.3 is 0 Å². The van der Waals surface area contributed by atoms with Gasteiger partial charge in [0, 0.05) is 3.67 Å². The zero-order valence-corrected chi connectivity index (χ0v) is 10.9. The molecule has 2 atom stereocenters. The highest BCUT2D eigenvalue weighted by molar-refractivity contribution is 14.1. The second-order valence-electron chi connectivity index (χ2n) is 2.96. The minimum Gasteiger partial charge on any atom is -0.112 e. The molecule has 0 amide bonds. The Balaban J connectivity index is 2.89. The Morgan fingerprint density at radius 1 is 1.18 bits per heavy atom. The van der Waals surface area contributed by atoms with Crippen molar-refractivity contribution in [3.8, 4) is 0 Å². The molecule has 0 fully saturated rings. The quantitative estimate of drug-likeness (QED) is 0.281. The first kappa shape index (κ1) is 12.2. The molecule has 0 aromatic carbocycles. The van der Waals surface area contributed by atoms with E-state index in [4.69, 9.17) is 0 Å². The Hall–Kier alpha value is 1.16. The molecule has 0 aliphatic carbocycles. The Morgan fingerprint density at radius 2 is 1.82 bits per heavy atom. The molecule has 0 spiro atoms. The maximum Gasteiger partial charge on any atom is 0.0279 e. The molecule has 0 nitrogen and oxygen atoms in total. The first-order valence-electron chi connectivity index (χ1n) is 4.62. The average Bonchev–Trinajstić information content (AvgIpc) is 2.04. The zero-order valence-electron chi connectivity index (χ0n) is 7.70. The Morgan fingerprint density at radius 3 is 2.36 bits per heavy atom. The molecule has 0 rings (SSSR count). The van der Waals surface area contributed by atoms with Crippen molar-refractivity contribution in [3.05, 3.63) is 0 Å². The van der Waals surface area contributed by atoms with Crippen molar-refractivity contribution in [2.24, 2.45) is 0 Å². The lowest BCUT2D eigenvalue weighted by Gasteiger charge is -2.05. The molecule has 0 aliphatic rings. The van der Waals surface area contributed by atoms with Crippen LogP contribution in [0.1, 0.15) is 45.4 Å². The molecule has 2 heteroatoms. The highest BCUT2D eigenvalue weighted by atomic mass is 127. The summed E-state index contributed by atoms with van der Waals surface area (Å²) in [6.45, 7) is 4.58. The lowest BCUT2D eigenvalue weighted by atomic mass is 10.1. The predicted molar refractivity (Wildman–Crippen MR) is 65.4 cm³/mol. The van der Waals surface area contributed by atoms with Crippen LogP contribution in [0.3, 0.4) is 0 Å². The summed E-state index contributed by atoms with van der Waals surface area (Å²) in [6, 6.07) is 0. The van der Waals surface area contributed by atoms with E-state index in [2.05, 4.69) is 36.2 Å². The molecular formula is C9H20IP. The van der Waals surface area contributed by atoms with Gasteiger partial charge in [0.15, 0.2) is 0 Å². The number of halogens is 1. The van der Waals surface area contributed by atoms with Gasteiger partial charge in [-0.25, -0.2) is 0 Å². The normalized spacial score (nSPS) is 14.5. The van der Waals surface area contributed by atoms with E-state index >= 15 is 0 Å². The van der Waals surface area contributed by atoms with Crippen molar-refractivity contribution in [2.75, 3.05) is 6.66 Å². The summed E-state index contributed by atoms with van der Waals surface area (Å²) in [5.41, 5.74) is 0. The molecule has 0 aliphatic heterocycles. The molecule has 0 aromatic heterocycles. The molecule has 0 heterocycles. The summed E-state index contributed by atoms with van der Waals surface area (Å²) in [5.74, 6) is 0. The monoisotopic (exact) mass is 286 g/mol. The van der Waals surface area contributed by atoms with Crippen LogP contribution in [-0.2, 0) is 0 Å². The van der Waals surface area contributed by atoms with Crippen molar-refractivity contribution in [1.29, 1.82) is 0 Å². The van der Waals surface area contributed by atoms with E-state index in [9.17, 15) is 0 Å². The fraction of sp³-hybridized carbons (Fsp3) is 1.00. The van der Waals surface area contributed by atoms with Gasteiger partial charge in [0.2, 0.25) is 0 Å². The molecule has 0 saturated heterocycles. The minimum atomic E-state index is 0.953. The summed E-state index contributed by atoms with van der Waals surface area (Å²) in [6.07, 6.45) is 8.60. The fourth-order valence-electron chi connectivity index (χ4n) is 1.07. The van der Waals surface area contributed by atoms with Gasteiger partial charge in [0.05, 0.1) is 0 Å². The second-order valence-corrected chi connectivity index (χ2v) is 6.91. The van der Waals surface area contributed by atoms with Crippen LogP contribution in [0.25, 0.3) is 0 Å². The van der Waals surface area contributed by atoms with Gasteiger partial charge in [-0.1, -0.05) is 61.6 Å². The average molecular weight is 286 g/mol. The van der Waals surface area contributed by atoms with Crippen LogP contribution < -0.4 is 0 Å². The van der Waals surface area contributed by atoms with E-state index < -0.39 is 0 Å². The standard InChI is InChI=1S/C9H20IP/c1-3-4-5-6-7-8-9(10)11-2/h9,11H,3-8H2,1-2H3. The summed E-state index contributed by atoms with van der Waals surface area (Å²) >= 11 is 2.58. The largest absolute Gasteiger partial charge is 0.112 e. The maximum atomic E-state index is 2.58. The SMILES string of the molecule is CCCCCCCC(I)PC. The minimum absolute atomic E-state index is 0.953. The van der Waals surface area contributed by atoms with Gasteiger partial charge in [-0.05, 0) is 13.1 Å². The maximum absolute atomic E-state index is 2.58. The zero-order chi connectivity index (χ0) is 8.53. The lowest BCUT2D eigenvalue weighted by molar-refractivity contribution is 0.624. The van der Waals surface area contributed by atoms with Crippen LogP contribution in [-0.4, -0.2) is 10.3 Å². The molecule has 0 radical (unpaired) electrons. The third-order valence-corrected chi connectivity index (χ3v) is 5.28. The smallest absolute Gasteiger partial charge is 0.0279 e. The molecule has 0 N–H and O–H groups in total. The van der Waals surface area contributed by atoms with Crippen LogP contribution >= 0.6 is 31.2 Å². The van der Waals surface area contributed by atoms with Crippen LogP contribution in [0.5, 0.6) is 0 Å². The van der Waals surface area contributed by atoms with Gasteiger partial charge in [0.25, 0.3) is 0 Å². The predicted octanol–water partition coefficient (Wildman–Crippen LogP) is 4.42. The summed E-state index contributed by atoms with van der Waals surface area (Å²) in [7, 11) is 1.13. The molecule has 11 heavy (non-hydrogen) atoms. The van der Waals surface area contributed by atoms with Gasteiger partial charge in [-0.3, -0.25) is 0 Å². The number of rotatable bonds is 7. The van der Waals surface area contributed by atoms with E-state index in [-0.39, 0.29) is 0 Å². The van der Waals surface area contributed by atoms with E-state index in [1.165, 1.54) is 38.5 Å². The van der Waals surface area contributed by atoms with Crippen LogP contribution in [0.4, 0.5) is 0 Å². The number of hydrogen-bond donors (Lipinski definition) is 0. The first-order valence-corrected chi connectivity index (χ1v) is 7.45.